The molecular formula is C9H12N4OS. The number of rotatable bonds is 4. The number of nitrogens with zero attached hydrogens (tertiary/aromatic N) is 2. The van der Waals surface area contributed by atoms with Gasteiger partial charge < -0.3 is 15.5 Å². The van der Waals surface area contributed by atoms with E-state index in [2.05, 4.69) is 33.9 Å². The van der Waals surface area contributed by atoms with Crippen LogP contribution in [0.5, 0.6) is 0 Å². The number of nitrogen functional groups attached to an aromatic ring is 1. The zero-order valence-electron chi connectivity index (χ0n) is 8.36. The lowest BCUT2D eigenvalue weighted by Crippen LogP contribution is -1.99. The monoisotopic (exact) mass is 224 g/mol. The molecule has 0 saturated heterocycles. The van der Waals surface area contributed by atoms with Crippen LogP contribution >= 0.6 is 11.3 Å². The van der Waals surface area contributed by atoms with Gasteiger partial charge in [-0.25, -0.2) is 0 Å². The summed E-state index contributed by atoms with van der Waals surface area (Å²) in [6.45, 7) is 2.83. The highest BCUT2D eigenvalue weighted by Gasteiger charge is 2.05. The second kappa shape index (κ2) is 4.31. The summed E-state index contributed by atoms with van der Waals surface area (Å²) < 4.78 is 5.00. The third-order valence-electron chi connectivity index (χ3n) is 2.06. The number of aryl methyl sites for hydroxylation is 1. The van der Waals surface area contributed by atoms with Gasteiger partial charge in [0.05, 0.1) is 6.54 Å². The zero-order valence-corrected chi connectivity index (χ0v) is 9.17. The van der Waals surface area contributed by atoms with Crippen LogP contribution in [0.3, 0.4) is 0 Å². The fourth-order valence-electron chi connectivity index (χ4n) is 1.30. The number of hydrogen-bond acceptors (Lipinski definition) is 6. The van der Waals surface area contributed by atoms with Crippen LogP contribution in [0.4, 0.5) is 12.0 Å². The fourth-order valence-corrected chi connectivity index (χ4v) is 2.21. The molecule has 0 aliphatic heterocycles. The summed E-state index contributed by atoms with van der Waals surface area (Å²) in [6.07, 6.45) is 1.03. The lowest BCUT2D eigenvalue weighted by molar-refractivity contribution is 0.586. The van der Waals surface area contributed by atoms with Gasteiger partial charge in [0, 0.05) is 4.88 Å². The molecule has 5 nitrogen and oxygen atoms in total. The van der Waals surface area contributed by atoms with Crippen molar-refractivity contribution < 1.29 is 4.42 Å². The summed E-state index contributed by atoms with van der Waals surface area (Å²) in [5, 5.41) is 12.4. The van der Waals surface area contributed by atoms with E-state index in [1.807, 2.05) is 0 Å². The van der Waals surface area contributed by atoms with Gasteiger partial charge >= 0.3 is 12.0 Å². The number of nitrogens with one attached hydrogen (secondary N) is 1. The molecule has 0 aliphatic carbocycles. The minimum atomic E-state index is 0.0828. The molecule has 0 spiro atoms. The molecule has 0 amide bonds. The Morgan fingerprint density at radius 2 is 2.40 bits per heavy atom. The first-order valence-electron chi connectivity index (χ1n) is 4.67. The van der Waals surface area contributed by atoms with Crippen LogP contribution in [-0.2, 0) is 13.0 Å². The van der Waals surface area contributed by atoms with Gasteiger partial charge in [-0.3, -0.25) is 0 Å². The van der Waals surface area contributed by atoms with Crippen molar-refractivity contribution in [3.63, 3.8) is 0 Å². The Labute approximate surface area is 91.3 Å². The number of nitrogens with two attached hydrogens (primary N) is 1. The zero-order chi connectivity index (χ0) is 10.7. The van der Waals surface area contributed by atoms with Crippen LogP contribution in [0.2, 0.25) is 0 Å². The first-order valence-corrected chi connectivity index (χ1v) is 5.55. The van der Waals surface area contributed by atoms with E-state index in [9.17, 15) is 0 Å². The Hall–Kier alpha value is -1.56. The van der Waals surface area contributed by atoms with Crippen molar-refractivity contribution in [2.75, 3.05) is 11.1 Å². The molecule has 0 bridgehead atoms. The van der Waals surface area contributed by atoms with E-state index in [0.717, 1.165) is 6.42 Å². The third-order valence-corrected chi connectivity index (χ3v) is 3.02. The predicted octanol–water partition coefficient (Wildman–Crippen LogP) is 1.89. The standard InChI is InChI=1S/C9H12N4OS/c1-2-6-3-4-15-7(6)5-11-9-13-12-8(10)14-9/h3-4H,2,5H2,1H3,(H2,10,12)(H,11,13). The average molecular weight is 224 g/mol. The van der Waals surface area contributed by atoms with Gasteiger partial charge in [-0.1, -0.05) is 17.1 Å². The number of thiophene rings is 1. The van der Waals surface area contributed by atoms with Crippen LogP contribution in [0.1, 0.15) is 17.4 Å². The molecule has 0 saturated carbocycles. The molecule has 0 aliphatic rings. The van der Waals surface area contributed by atoms with Crippen molar-refractivity contribution in [2.45, 2.75) is 19.9 Å². The summed E-state index contributed by atoms with van der Waals surface area (Å²) in [5.41, 5.74) is 6.65. The molecule has 15 heavy (non-hydrogen) atoms. The fraction of sp³-hybridized carbons (Fsp3) is 0.333. The van der Waals surface area contributed by atoms with E-state index in [0.29, 0.717) is 12.6 Å². The Morgan fingerprint density at radius 1 is 1.53 bits per heavy atom. The number of hydrogen-bond donors (Lipinski definition) is 2. The van der Waals surface area contributed by atoms with Crippen molar-refractivity contribution in [3.05, 3.63) is 21.9 Å². The number of aromatic nitrogens is 2. The second-order valence-corrected chi connectivity index (χ2v) is 4.02. The van der Waals surface area contributed by atoms with Gasteiger partial charge in [-0.05, 0) is 23.4 Å². The molecule has 0 radical (unpaired) electrons. The summed E-state index contributed by atoms with van der Waals surface area (Å²) in [6, 6.07) is 2.58. The Kier molecular flexibility index (Phi) is 2.86. The van der Waals surface area contributed by atoms with E-state index in [-0.39, 0.29) is 6.01 Å². The summed E-state index contributed by atoms with van der Waals surface area (Å²) in [4.78, 5) is 1.29. The van der Waals surface area contributed by atoms with Gasteiger partial charge in [0.2, 0.25) is 0 Å². The molecule has 2 aromatic rings. The molecule has 80 valence electrons. The second-order valence-electron chi connectivity index (χ2n) is 3.02. The normalized spacial score (nSPS) is 10.5. The maximum absolute atomic E-state index is 5.31. The maximum Gasteiger partial charge on any atom is 0.317 e. The smallest absolute Gasteiger partial charge is 0.317 e. The van der Waals surface area contributed by atoms with Crippen molar-refractivity contribution in [1.82, 2.24) is 10.2 Å². The molecule has 0 unspecified atom stereocenters. The summed E-state index contributed by atoms with van der Waals surface area (Å²) in [7, 11) is 0. The van der Waals surface area contributed by atoms with E-state index in [4.69, 9.17) is 10.2 Å². The first kappa shape index (κ1) is 9.97. The Morgan fingerprint density at radius 3 is 3.07 bits per heavy atom. The van der Waals surface area contributed by atoms with Gasteiger partial charge in [0.15, 0.2) is 0 Å². The predicted molar refractivity (Wildman–Crippen MR) is 59.7 cm³/mol. The quantitative estimate of drug-likeness (QED) is 0.829. The molecular weight excluding hydrogens is 212 g/mol. The molecule has 0 aromatic carbocycles. The molecule has 3 N–H and O–H groups in total. The lowest BCUT2D eigenvalue weighted by atomic mass is 10.2. The van der Waals surface area contributed by atoms with Gasteiger partial charge in [-0.15, -0.1) is 11.3 Å². The van der Waals surface area contributed by atoms with Crippen LogP contribution < -0.4 is 11.1 Å². The lowest BCUT2D eigenvalue weighted by Gasteiger charge is -2.01. The Balaban J connectivity index is 1.98. The highest BCUT2D eigenvalue weighted by atomic mass is 32.1. The minimum absolute atomic E-state index is 0.0828. The molecule has 2 rings (SSSR count). The van der Waals surface area contributed by atoms with Gasteiger partial charge in [-0.2, -0.15) is 0 Å². The van der Waals surface area contributed by atoms with E-state index in [1.165, 1.54) is 10.4 Å². The molecule has 2 heterocycles. The van der Waals surface area contributed by atoms with Crippen LogP contribution in [0.15, 0.2) is 15.9 Å². The van der Waals surface area contributed by atoms with Gasteiger partial charge in [0.25, 0.3) is 0 Å². The first-order chi connectivity index (χ1) is 7.29. The van der Waals surface area contributed by atoms with Crippen molar-refractivity contribution in [3.8, 4) is 0 Å². The van der Waals surface area contributed by atoms with E-state index in [1.54, 1.807) is 11.3 Å². The SMILES string of the molecule is CCc1ccsc1CNc1nnc(N)o1. The maximum atomic E-state index is 5.31. The van der Waals surface area contributed by atoms with Crippen molar-refractivity contribution in [2.24, 2.45) is 0 Å². The average Bonchev–Trinajstić information content (AvgIpc) is 2.83. The number of anilines is 2. The Bertz CT molecular complexity index is 437. The molecule has 2 aromatic heterocycles. The van der Waals surface area contributed by atoms with E-state index >= 15 is 0 Å². The molecule has 0 fully saturated rings. The highest BCUT2D eigenvalue weighted by Crippen LogP contribution is 2.18. The van der Waals surface area contributed by atoms with Gasteiger partial charge in [0.1, 0.15) is 0 Å². The van der Waals surface area contributed by atoms with Crippen LogP contribution in [0, 0.1) is 0 Å². The van der Waals surface area contributed by atoms with Crippen LogP contribution in [-0.4, -0.2) is 10.2 Å². The largest absolute Gasteiger partial charge is 0.390 e. The highest BCUT2D eigenvalue weighted by molar-refractivity contribution is 7.10. The topological polar surface area (TPSA) is 77.0 Å². The minimum Gasteiger partial charge on any atom is -0.390 e. The van der Waals surface area contributed by atoms with Crippen molar-refractivity contribution in [1.29, 1.82) is 0 Å². The van der Waals surface area contributed by atoms with Crippen LogP contribution in [0.25, 0.3) is 0 Å². The molecule has 0 atom stereocenters. The summed E-state index contributed by atoms with van der Waals surface area (Å²) in [5.74, 6) is 0. The third kappa shape index (κ3) is 2.27. The molecule has 6 heteroatoms. The van der Waals surface area contributed by atoms with Crippen molar-refractivity contribution >= 4 is 23.4 Å². The summed E-state index contributed by atoms with van der Waals surface area (Å²) >= 11 is 1.72. The van der Waals surface area contributed by atoms with E-state index < -0.39 is 0 Å².